The average Bonchev–Trinajstić information content (AvgIpc) is 3.20. The largest absolute Gasteiger partial charge is 0.491 e. The molecule has 0 unspecified atom stereocenters. The molecule has 0 saturated carbocycles. The summed E-state index contributed by atoms with van der Waals surface area (Å²) in [6.07, 6.45) is 2.00. The van der Waals surface area contributed by atoms with Crippen molar-refractivity contribution < 1.29 is 18.8 Å². The number of carbonyl (C=O) groups excluding carboxylic acids is 2. The standard InChI is InChI=1S/C24H25N3O4/c1-27-21-13-18(25)10-11-23(21)30-15-17(24(27)29)8-5-9-22(28)20-14-19(31-26-20)12-16-6-3-2-4-7-16/h2-4,6-7,10-11,13-14,17H,5,8-9,12,15,25H2,1H3/t17-/m0/s1. The number of carbonyl (C=O) groups is 2. The normalized spacial score (nSPS) is 15.8. The number of fused-ring (bicyclic) bond motifs is 1. The van der Waals surface area contributed by atoms with Crippen LogP contribution in [0.2, 0.25) is 0 Å². The number of rotatable bonds is 7. The molecular weight excluding hydrogens is 394 g/mol. The minimum Gasteiger partial charge on any atom is -0.491 e. The number of ether oxygens (including phenoxy) is 1. The first-order valence-corrected chi connectivity index (χ1v) is 10.3. The predicted molar refractivity (Wildman–Crippen MR) is 117 cm³/mol. The molecule has 0 aliphatic carbocycles. The molecule has 1 amide bonds. The minimum absolute atomic E-state index is 0.0385. The van der Waals surface area contributed by atoms with Gasteiger partial charge in [0.2, 0.25) is 5.91 Å². The quantitative estimate of drug-likeness (QED) is 0.461. The third kappa shape index (κ3) is 4.77. The molecule has 7 nitrogen and oxygen atoms in total. The number of hydrogen-bond donors (Lipinski definition) is 1. The predicted octanol–water partition coefficient (Wildman–Crippen LogP) is 3.87. The number of Topliss-reactive ketones (excluding diaryl/α,β-unsaturated/α-hetero) is 1. The average molecular weight is 419 g/mol. The number of aromatic nitrogens is 1. The Labute approximate surface area is 180 Å². The van der Waals surface area contributed by atoms with Gasteiger partial charge in [0.1, 0.15) is 17.2 Å². The van der Waals surface area contributed by atoms with Crippen molar-refractivity contribution in [3.05, 3.63) is 71.6 Å². The van der Waals surface area contributed by atoms with Crippen molar-refractivity contribution in [3.8, 4) is 5.75 Å². The summed E-state index contributed by atoms with van der Waals surface area (Å²) in [5.74, 6) is 0.841. The number of ketones is 1. The Hall–Kier alpha value is -3.61. The van der Waals surface area contributed by atoms with Crippen LogP contribution in [0.5, 0.6) is 5.75 Å². The van der Waals surface area contributed by atoms with E-state index in [9.17, 15) is 9.59 Å². The topological polar surface area (TPSA) is 98.7 Å². The summed E-state index contributed by atoms with van der Waals surface area (Å²) in [5, 5.41) is 3.92. The molecule has 0 saturated heterocycles. The fraction of sp³-hybridized carbons (Fsp3) is 0.292. The second-order valence-electron chi connectivity index (χ2n) is 7.79. The molecule has 3 aromatic rings. The van der Waals surface area contributed by atoms with Crippen molar-refractivity contribution in [3.63, 3.8) is 0 Å². The lowest BCUT2D eigenvalue weighted by Gasteiger charge is -2.19. The SMILES string of the molecule is CN1C(=O)[C@@H](CCCC(=O)c2cc(Cc3ccccc3)on2)COc2ccc(N)cc21. The maximum atomic E-state index is 12.8. The molecule has 2 N–H and O–H groups in total. The highest BCUT2D eigenvalue weighted by atomic mass is 16.5. The van der Waals surface area contributed by atoms with Gasteiger partial charge in [-0.1, -0.05) is 35.5 Å². The fourth-order valence-electron chi connectivity index (χ4n) is 3.74. The molecule has 0 fully saturated rings. The van der Waals surface area contributed by atoms with Crippen LogP contribution >= 0.6 is 0 Å². The van der Waals surface area contributed by atoms with Crippen LogP contribution in [-0.4, -0.2) is 30.5 Å². The third-order valence-electron chi connectivity index (χ3n) is 5.49. The van der Waals surface area contributed by atoms with Gasteiger partial charge in [0.25, 0.3) is 0 Å². The molecule has 4 rings (SSSR count). The second kappa shape index (κ2) is 9.04. The van der Waals surface area contributed by atoms with E-state index in [1.807, 2.05) is 30.3 Å². The van der Waals surface area contributed by atoms with Gasteiger partial charge in [-0.3, -0.25) is 9.59 Å². The molecule has 7 heteroatoms. The Kier molecular flexibility index (Phi) is 6.02. The molecule has 2 heterocycles. The molecule has 0 bridgehead atoms. The number of hydrogen-bond acceptors (Lipinski definition) is 6. The highest BCUT2D eigenvalue weighted by molar-refractivity contribution is 5.97. The van der Waals surface area contributed by atoms with Crippen molar-refractivity contribution in [1.82, 2.24) is 5.16 Å². The summed E-state index contributed by atoms with van der Waals surface area (Å²) in [6.45, 7) is 0.277. The molecule has 0 spiro atoms. The van der Waals surface area contributed by atoms with Gasteiger partial charge in [-0.2, -0.15) is 0 Å². The van der Waals surface area contributed by atoms with Crippen molar-refractivity contribution in [2.24, 2.45) is 5.92 Å². The van der Waals surface area contributed by atoms with E-state index in [4.69, 9.17) is 15.0 Å². The van der Waals surface area contributed by atoms with Crippen molar-refractivity contribution in [2.45, 2.75) is 25.7 Å². The van der Waals surface area contributed by atoms with E-state index in [2.05, 4.69) is 5.16 Å². The van der Waals surface area contributed by atoms with Crippen LogP contribution in [0.4, 0.5) is 11.4 Å². The van der Waals surface area contributed by atoms with Crippen LogP contribution in [0, 0.1) is 5.92 Å². The van der Waals surface area contributed by atoms with Crippen LogP contribution in [0.25, 0.3) is 0 Å². The molecular formula is C24H25N3O4. The molecule has 1 aromatic heterocycles. The second-order valence-corrected chi connectivity index (χ2v) is 7.79. The number of benzene rings is 2. The molecule has 1 aliphatic rings. The highest BCUT2D eigenvalue weighted by Crippen LogP contribution is 2.34. The Morgan fingerprint density at radius 2 is 2.00 bits per heavy atom. The van der Waals surface area contributed by atoms with Crippen molar-refractivity contribution in [1.29, 1.82) is 0 Å². The third-order valence-corrected chi connectivity index (χ3v) is 5.49. The van der Waals surface area contributed by atoms with Crippen LogP contribution < -0.4 is 15.4 Å². The van der Waals surface area contributed by atoms with E-state index in [1.165, 1.54) is 0 Å². The van der Waals surface area contributed by atoms with Crippen molar-refractivity contribution in [2.75, 3.05) is 24.3 Å². The van der Waals surface area contributed by atoms with Gasteiger partial charge in [-0.25, -0.2) is 0 Å². The first-order chi connectivity index (χ1) is 15.0. The van der Waals surface area contributed by atoms with Crippen LogP contribution in [0.15, 0.2) is 59.1 Å². The van der Waals surface area contributed by atoms with Gasteiger partial charge in [0.05, 0.1) is 18.2 Å². The van der Waals surface area contributed by atoms with Crippen LogP contribution in [0.3, 0.4) is 0 Å². The van der Waals surface area contributed by atoms with Gasteiger partial charge >= 0.3 is 0 Å². The van der Waals surface area contributed by atoms with Gasteiger partial charge in [-0.05, 0) is 36.6 Å². The molecule has 1 atom stereocenters. The molecule has 2 aromatic carbocycles. The zero-order chi connectivity index (χ0) is 21.8. The van der Waals surface area contributed by atoms with Gasteiger partial charge < -0.3 is 19.9 Å². The zero-order valence-corrected chi connectivity index (χ0v) is 17.4. The van der Waals surface area contributed by atoms with E-state index in [0.29, 0.717) is 54.3 Å². The summed E-state index contributed by atoms with van der Waals surface area (Å²) in [7, 11) is 1.72. The first kappa shape index (κ1) is 20.7. The van der Waals surface area contributed by atoms with E-state index < -0.39 is 0 Å². The van der Waals surface area contributed by atoms with E-state index >= 15 is 0 Å². The summed E-state index contributed by atoms with van der Waals surface area (Å²) in [5.41, 5.74) is 8.50. The lowest BCUT2D eigenvalue weighted by atomic mass is 9.99. The summed E-state index contributed by atoms with van der Waals surface area (Å²) >= 11 is 0. The summed E-state index contributed by atoms with van der Waals surface area (Å²) in [6, 6.07) is 16.8. The number of nitrogen functional groups attached to an aromatic ring is 1. The van der Waals surface area contributed by atoms with Gasteiger partial charge in [-0.15, -0.1) is 0 Å². The summed E-state index contributed by atoms with van der Waals surface area (Å²) in [4.78, 5) is 26.9. The van der Waals surface area contributed by atoms with E-state index in [-0.39, 0.29) is 24.2 Å². The highest BCUT2D eigenvalue weighted by Gasteiger charge is 2.29. The molecule has 0 radical (unpaired) electrons. The molecule has 31 heavy (non-hydrogen) atoms. The Bertz CT molecular complexity index is 1080. The summed E-state index contributed by atoms with van der Waals surface area (Å²) < 4.78 is 11.1. The van der Waals surface area contributed by atoms with Crippen LogP contribution in [-0.2, 0) is 11.2 Å². The van der Waals surface area contributed by atoms with E-state index in [0.717, 1.165) is 5.56 Å². The minimum atomic E-state index is -0.322. The number of anilines is 2. The lowest BCUT2D eigenvalue weighted by Crippen LogP contribution is -2.33. The molecule has 1 aliphatic heterocycles. The Balaban J connectivity index is 1.31. The van der Waals surface area contributed by atoms with Gasteiger partial charge in [0.15, 0.2) is 5.78 Å². The Morgan fingerprint density at radius 1 is 1.19 bits per heavy atom. The smallest absolute Gasteiger partial charge is 0.233 e. The number of amides is 1. The van der Waals surface area contributed by atoms with Crippen molar-refractivity contribution >= 4 is 23.1 Å². The zero-order valence-electron chi connectivity index (χ0n) is 17.4. The number of nitrogens with zero attached hydrogens (tertiary/aromatic N) is 2. The maximum absolute atomic E-state index is 12.8. The van der Waals surface area contributed by atoms with Crippen LogP contribution in [0.1, 0.15) is 41.1 Å². The van der Waals surface area contributed by atoms with Gasteiger partial charge in [0, 0.05) is 31.6 Å². The lowest BCUT2D eigenvalue weighted by molar-refractivity contribution is -0.122. The first-order valence-electron chi connectivity index (χ1n) is 10.3. The maximum Gasteiger partial charge on any atom is 0.233 e. The van der Waals surface area contributed by atoms with E-state index in [1.54, 1.807) is 36.2 Å². The fourth-order valence-corrected chi connectivity index (χ4v) is 3.74. The Morgan fingerprint density at radius 3 is 2.81 bits per heavy atom. The number of nitrogens with two attached hydrogens (primary N) is 1. The monoisotopic (exact) mass is 419 g/mol. The molecule has 160 valence electrons.